The number of carbonyl (C=O) groups excluding carboxylic acids is 1. The molecule has 1 aromatic heterocycles. The number of halogens is 3. The molecule has 1 N–H and O–H groups in total. The van der Waals surface area contributed by atoms with Crippen LogP contribution in [0.15, 0.2) is 30.5 Å². The van der Waals surface area contributed by atoms with Crippen LogP contribution < -0.4 is 5.32 Å². The highest BCUT2D eigenvalue weighted by molar-refractivity contribution is 7.91. The Morgan fingerprint density at radius 2 is 1.96 bits per heavy atom. The van der Waals surface area contributed by atoms with Gasteiger partial charge in [0.1, 0.15) is 0 Å². The van der Waals surface area contributed by atoms with Gasteiger partial charge in [-0.3, -0.25) is 4.79 Å². The number of aromatic nitrogens is 2. The van der Waals surface area contributed by atoms with E-state index in [1.165, 1.54) is 23.0 Å². The molecule has 2 aliphatic rings. The van der Waals surface area contributed by atoms with Crippen LogP contribution in [0.25, 0.3) is 5.69 Å². The molecule has 0 spiro atoms. The summed E-state index contributed by atoms with van der Waals surface area (Å²) >= 11 is 0. The smallest absolute Gasteiger partial charge is 0.348 e. The van der Waals surface area contributed by atoms with Gasteiger partial charge in [-0.2, -0.15) is 18.3 Å². The molecule has 1 saturated carbocycles. The van der Waals surface area contributed by atoms with E-state index < -0.39 is 33.5 Å². The molecule has 1 saturated heterocycles. The first kappa shape index (κ1) is 19.0. The molecule has 0 bridgehead atoms. The lowest BCUT2D eigenvalue weighted by atomic mass is 10.1. The number of alkyl halides is 3. The summed E-state index contributed by atoms with van der Waals surface area (Å²) in [5, 5.41) is 6.89. The van der Waals surface area contributed by atoms with Gasteiger partial charge < -0.3 is 5.32 Å². The van der Waals surface area contributed by atoms with E-state index in [1.807, 2.05) is 0 Å². The van der Waals surface area contributed by atoms with Crippen LogP contribution in [0, 0.1) is 0 Å². The number of hydrogen-bond donors (Lipinski definition) is 1. The molecule has 2 heterocycles. The Morgan fingerprint density at radius 3 is 2.57 bits per heavy atom. The minimum Gasteiger partial charge on any atom is -0.348 e. The van der Waals surface area contributed by atoms with Gasteiger partial charge >= 0.3 is 6.18 Å². The molecular weight excluding hydrogens is 395 g/mol. The number of nitrogens with zero attached hydrogens (tertiary/aromatic N) is 2. The summed E-state index contributed by atoms with van der Waals surface area (Å²) < 4.78 is 63.7. The Hall–Kier alpha value is -2.36. The Kier molecular flexibility index (Phi) is 4.48. The number of nitrogens with one attached hydrogen (secondary N) is 1. The lowest BCUT2D eigenvalue weighted by molar-refractivity contribution is -0.137. The predicted molar refractivity (Wildman–Crippen MR) is 95.1 cm³/mol. The number of carbonyl (C=O) groups is 1. The van der Waals surface area contributed by atoms with Crippen LogP contribution in [0.4, 0.5) is 13.2 Å². The molecule has 1 aromatic carbocycles. The van der Waals surface area contributed by atoms with Gasteiger partial charge in [0.2, 0.25) is 0 Å². The van der Waals surface area contributed by atoms with Crippen LogP contribution in [-0.2, 0) is 16.0 Å². The maximum Gasteiger partial charge on any atom is 0.416 e. The lowest BCUT2D eigenvalue weighted by Crippen LogP contribution is -2.35. The van der Waals surface area contributed by atoms with E-state index in [-0.39, 0.29) is 28.7 Å². The third kappa shape index (κ3) is 3.78. The van der Waals surface area contributed by atoms with Crippen molar-refractivity contribution in [1.29, 1.82) is 0 Å². The molecule has 6 nitrogen and oxygen atoms in total. The summed E-state index contributed by atoms with van der Waals surface area (Å²) in [4.78, 5) is 12.7. The number of hydrogen-bond acceptors (Lipinski definition) is 4. The highest BCUT2D eigenvalue weighted by Crippen LogP contribution is 2.43. The van der Waals surface area contributed by atoms with Gasteiger partial charge in [0.25, 0.3) is 5.91 Å². The van der Waals surface area contributed by atoms with Gasteiger partial charge in [0.05, 0.1) is 40.2 Å². The van der Waals surface area contributed by atoms with E-state index in [9.17, 15) is 26.4 Å². The zero-order chi connectivity index (χ0) is 20.1. The van der Waals surface area contributed by atoms with Gasteiger partial charge in [0.15, 0.2) is 9.84 Å². The second kappa shape index (κ2) is 6.61. The van der Waals surface area contributed by atoms with E-state index in [4.69, 9.17) is 0 Å². The molecule has 2 aromatic rings. The van der Waals surface area contributed by atoms with Crippen LogP contribution in [0.5, 0.6) is 0 Å². The summed E-state index contributed by atoms with van der Waals surface area (Å²) in [6.07, 6.45) is -1.14. The van der Waals surface area contributed by atoms with Gasteiger partial charge in [-0.25, -0.2) is 13.1 Å². The SMILES string of the molecule is O=C(NC1CCS(=O)(=O)C1)c1cnn(-c2cccc(C(F)(F)F)c2)c1C1CC1. The van der Waals surface area contributed by atoms with Crippen molar-refractivity contribution in [2.24, 2.45) is 0 Å². The molecule has 1 aliphatic carbocycles. The topological polar surface area (TPSA) is 81.1 Å². The summed E-state index contributed by atoms with van der Waals surface area (Å²) in [5.41, 5.74) is 0.297. The van der Waals surface area contributed by atoms with Crippen molar-refractivity contribution in [3.8, 4) is 5.69 Å². The van der Waals surface area contributed by atoms with Crippen LogP contribution >= 0.6 is 0 Å². The fourth-order valence-corrected chi connectivity index (χ4v) is 5.15. The summed E-state index contributed by atoms with van der Waals surface area (Å²) in [7, 11) is -3.14. The number of benzene rings is 1. The number of sulfone groups is 1. The monoisotopic (exact) mass is 413 g/mol. The molecule has 0 radical (unpaired) electrons. The molecule has 150 valence electrons. The maximum absolute atomic E-state index is 13.0. The molecular formula is C18H18F3N3O3S. The minimum absolute atomic E-state index is 0.0386. The average Bonchev–Trinajstić information content (AvgIpc) is 3.26. The zero-order valence-corrected chi connectivity index (χ0v) is 15.6. The maximum atomic E-state index is 13.0. The van der Waals surface area contributed by atoms with Crippen LogP contribution in [0.1, 0.15) is 46.8 Å². The average molecular weight is 413 g/mol. The van der Waals surface area contributed by atoms with Crippen LogP contribution in [-0.4, -0.2) is 41.7 Å². The van der Waals surface area contributed by atoms with Gasteiger partial charge in [-0.15, -0.1) is 0 Å². The third-order valence-corrected chi connectivity index (χ3v) is 6.77. The molecule has 1 unspecified atom stereocenters. The summed E-state index contributed by atoms with van der Waals surface area (Å²) in [5.74, 6) is -0.455. The number of amides is 1. The standard InChI is InChI=1S/C18H18F3N3O3S/c19-18(20,21)12-2-1-3-14(8-12)24-16(11-4-5-11)15(9-22-24)17(25)23-13-6-7-28(26,27)10-13/h1-3,8-9,11,13H,4-7,10H2,(H,23,25). The minimum atomic E-state index is -4.48. The highest BCUT2D eigenvalue weighted by Gasteiger charge is 2.36. The summed E-state index contributed by atoms with van der Waals surface area (Å²) in [6, 6.07) is 4.35. The normalized spacial score (nSPS) is 21.6. The van der Waals surface area contributed by atoms with E-state index in [2.05, 4.69) is 10.4 Å². The molecule has 4 rings (SSSR count). The van der Waals surface area contributed by atoms with Crippen molar-refractivity contribution in [1.82, 2.24) is 15.1 Å². The molecule has 1 aliphatic heterocycles. The van der Waals surface area contributed by atoms with E-state index >= 15 is 0 Å². The van der Waals surface area contributed by atoms with Gasteiger partial charge in [-0.05, 0) is 37.5 Å². The highest BCUT2D eigenvalue weighted by atomic mass is 32.2. The fraction of sp³-hybridized carbons (Fsp3) is 0.444. The first-order chi connectivity index (χ1) is 13.1. The Morgan fingerprint density at radius 1 is 1.21 bits per heavy atom. The molecule has 28 heavy (non-hydrogen) atoms. The van der Waals surface area contributed by atoms with Crippen LogP contribution in [0.2, 0.25) is 0 Å². The second-order valence-electron chi connectivity index (χ2n) is 7.25. The molecule has 1 atom stereocenters. The third-order valence-electron chi connectivity index (χ3n) is 5.00. The van der Waals surface area contributed by atoms with Crippen molar-refractivity contribution in [2.75, 3.05) is 11.5 Å². The van der Waals surface area contributed by atoms with Crippen molar-refractivity contribution in [2.45, 2.75) is 37.4 Å². The fourth-order valence-electron chi connectivity index (χ4n) is 3.47. The molecule has 10 heteroatoms. The van der Waals surface area contributed by atoms with Crippen molar-refractivity contribution in [3.05, 3.63) is 47.3 Å². The van der Waals surface area contributed by atoms with E-state index in [1.54, 1.807) is 0 Å². The predicted octanol–water partition coefficient (Wildman–Crippen LogP) is 2.69. The first-order valence-electron chi connectivity index (χ1n) is 8.91. The molecule has 2 fully saturated rings. The summed E-state index contributed by atoms with van der Waals surface area (Å²) in [6.45, 7) is 0. The van der Waals surface area contributed by atoms with Crippen molar-refractivity contribution in [3.63, 3.8) is 0 Å². The second-order valence-corrected chi connectivity index (χ2v) is 9.48. The van der Waals surface area contributed by atoms with Gasteiger partial charge in [-0.1, -0.05) is 6.07 Å². The van der Waals surface area contributed by atoms with Crippen molar-refractivity contribution >= 4 is 15.7 Å². The molecule has 1 amide bonds. The Labute approximate surface area is 159 Å². The van der Waals surface area contributed by atoms with E-state index in [0.29, 0.717) is 12.1 Å². The quantitative estimate of drug-likeness (QED) is 0.836. The Bertz CT molecular complexity index is 1030. The largest absolute Gasteiger partial charge is 0.416 e. The van der Waals surface area contributed by atoms with E-state index in [0.717, 1.165) is 25.0 Å². The number of rotatable bonds is 4. The van der Waals surface area contributed by atoms with Crippen molar-refractivity contribution < 1.29 is 26.4 Å². The van der Waals surface area contributed by atoms with Gasteiger partial charge in [0, 0.05) is 12.0 Å². The zero-order valence-electron chi connectivity index (χ0n) is 14.7. The Balaban J connectivity index is 1.65. The lowest BCUT2D eigenvalue weighted by Gasteiger charge is -2.13. The van der Waals surface area contributed by atoms with Crippen LogP contribution in [0.3, 0.4) is 0 Å². The first-order valence-corrected chi connectivity index (χ1v) is 10.7.